The number of halogens is 3. The summed E-state index contributed by atoms with van der Waals surface area (Å²) in [7, 11) is 1.62. The molecule has 0 saturated carbocycles. The van der Waals surface area contributed by atoms with E-state index < -0.39 is 11.7 Å². The Morgan fingerprint density at radius 3 is 2.39 bits per heavy atom. The van der Waals surface area contributed by atoms with Gasteiger partial charge in [0.25, 0.3) is 5.91 Å². The summed E-state index contributed by atoms with van der Waals surface area (Å²) in [5.41, 5.74) is 1.38. The lowest BCUT2D eigenvalue weighted by Crippen LogP contribution is -2.39. The Bertz CT molecular complexity index is 1210. The van der Waals surface area contributed by atoms with Crippen molar-refractivity contribution in [2.75, 3.05) is 33.3 Å². The molecule has 38 heavy (non-hydrogen) atoms. The Morgan fingerprint density at radius 1 is 1.00 bits per heavy atom. The molecular formula is C31H35F3N2O2. The zero-order valence-corrected chi connectivity index (χ0v) is 22.1. The van der Waals surface area contributed by atoms with Crippen molar-refractivity contribution in [3.8, 4) is 5.75 Å². The van der Waals surface area contributed by atoms with Crippen molar-refractivity contribution in [1.82, 2.24) is 9.80 Å². The molecule has 1 aliphatic heterocycles. The van der Waals surface area contributed by atoms with E-state index in [9.17, 15) is 18.0 Å². The van der Waals surface area contributed by atoms with Gasteiger partial charge in [-0.2, -0.15) is 13.2 Å². The summed E-state index contributed by atoms with van der Waals surface area (Å²) in [5, 5.41) is 0. The topological polar surface area (TPSA) is 32.8 Å². The Kier molecular flexibility index (Phi) is 8.77. The summed E-state index contributed by atoms with van der Waals surface area (Å²) in [6, 6.07) is 22.9. The minimum Gasteiger partial charge on any atom is -0.497 e. The first-order valence-electron chi connectivity index (χ1n) is 13.0. The first-order chi connectivity index (χ1) is 18.2. The number of benzene rings is 3. The summed E-state index contributed by atoms with van der Waals surface area (Å²) in [5.74, 6) is 1.08. The number of methoxy groups -OCH3 is 1. The van der Waals surface area contributed by atoms with Gasteiger partial charge in [0, 0.05) is 44.2 Å². The number of carbonyl (C=O) groups is 1. The van der Waals surface area contributed by atoms with Crippen molar-refractivity contribution in [2.45, 2.75) is 32.5 Å². The first kappa shape index (κ1) is 27.7. The highest BCUT2D eigenvalue weighted by molar-refractivity contribution is 5.94. The van der Waals surface area contributed by atoms with E-state index in [1.54, 1.807) is 19.2 Å². The van der Waals surface area contributed by atoms with Crippen LogP contribution in [0.15, 0.2) is 78.9 Å². The Balaban J connectivity index is 1.63. The third kappa shape index (κ3) is 6.76. The van der Waals surface area contributed by atoms with E-state index in [-0.39, 0.29) is 35.8 Å². The lowest BCUT2D eigenvalue weighted by molar-refractivity contribution is -0.138. The van der Waals surface area contributed by atoms with Crippen molar-refractivity contribution in [3.63, 3.8) is 0 Å². The molecule has 0 aliphatic carbocycles. The van der Waals surface area contributed by atoms with Crippen LogP contribution >= 0.6 is 0 Å². The van der Waals surface area contributed by atoms with E-state index in [0.29, 0.717) is 31.7 Å². The van der Waals surface area contributed by atoms with Crippen LogP contribution in [0.5, 0.6) is 5.75 Å². The maximum atomic E-state index is 13.7. The molecule has 0 N–H and O–H groups in total. The number of hydrogen-bond donors (Lipinski definition) is 0. The van der Waals surface area contributed by atoms with Crippen molar-refractivity contribution in [3.05, 3.63) is 101 Å². The van der Waals surface area contributed by atoms with Gasteiger partial charge in [-0.05, 0) is 53.3 Å². The molecule has 0 spiro atoms. The molecular weight excluding hydrogens is 489 g/mol. The van der Waals surface area contributed by atoms with Crippen LogP contribution in [0.1, 0.15) is 46.8 Å². The number of rotatable bonds is 9. The zero-order chi connectivity index (χ0) is 27.3. The molecule has 0 bridgehead atoms. The summed E-state index contributed by atoms with van der Waals surface area (Å²) in [6.45, 7) is 6.67. The maximum Gasteiger partial charge on any atom is 0.416 e. The molecule has 3 aromatic carbocycles. The minimum absolute atomic E-state index is 0.0236. The van der Waals surface area contributed by atoms with Gasteiger partial charge in [-0.15, -0.1) is 0 Å². The van der Waals surface area contributed by atoms with Crippen molar-refractivity contribution in [2.24, 2.45) is 11.8 Å². The van der Waals surface area contributed by atoms with E-state index in [1.165, 1.54) is 6.07 Å². The number of alkyl halides is 3. The molecule has 2 atom stereocenters. The van der Waals surface area contributed by atoms with Gasteiger partial charge in [-0.1, -0.05) is 62.4 Å². The van der Waals surface area contributed by atoms with Gasteiger partial charge in [0.05, 0.1) is 12.7 Å². The van der Waals surface area contributed by atoms with E-state index >= 15 is 0 Å². The summed E-state index contributed by atoms with van der Waals surface area (Å²) < 4.78 is 46.5. The predicted molar refractivity (Wildman–Crippen MR) is 143 cm³/mol. The quantitative estimate of drug-likeness (QED) is 0.311. The Morgan fingerprint density at radius 2 is 1.71 bits per heavy atom. The monoisotopic (exact) mass is 524 g/mol. The number of likely N-dealkylation sites (tertiary alicyclic amines) is 1. The molecule has 0 radical (unpaired) electrons. The Labute approximate surface area is 223 Å². The van der Waals surface area contributed by atoms with Crippen LogP contribution in [0, 0.1) is 11.8 Å². The fraction of sp³-hybridized carbons (Fsp3) is 0.387. The van der Waals surface area contributed by atoms with Gasteiger partial charge in [0.15, 0.2) is 0 Å². The van der Waals surface area contributed by atoms with E-state index in [2.05, 4.69) is 18.7 Å². The summed E-state index contributed by atoms with van der Waals surface area (Å²) in [6.07, 6.45) is -4.40. The molecule has 4 rings (SSSR count). The molecule has 0 aromatic heterocycles. The average Bonchev–Trinajstić information content (AvgIpc) is 3.29. The normalized spacial score (nSPS) is 18.1. The van der Waals surface area contributed by atoms with Crippen LogP contribution in [0.3, 0.4) is 0 Å². The molecule has 3 aromatic rings. The molecule has 1 saturated heterocycles. The maximum absolute atomic E-state index is 13.7. The third-order valence-corrected chi connectivity index (χ3v) is 7.10. The van der Waals surface area contributed by atoms with E-state index in [1.807, 2.05) is 59.5 Å². The van der Waals surface area contributed by atoms with Gasteiger partial charge >= 0.3 is 6.18 Å². The second-order valence-corrected chi connectivity index (χ2v) is 10.5. The number of nitrogens with zero attached hydrogens (tertiary/aromatic N) is 2. The van der Waals surface area contributed by atoms with Crippen LogP contribution in [-0.2, 0) is 12.7 Å². The van der Waals surface area contributed by atoms with Crippen LogP contribution < -0.4 is 4.74 Å². The number of carbonyl (C=O) groups excluding carboxylic acids is 1. The smallest absolute Gasteiger partial charge is 0.416 e. The van der Waals surface area contributed by atoms with Crippen molar-refractivity contribution in [1.29, 1.82) is 0 Å². The molecule has 1 fully saturated rings. The SMILES string of the molecule is COc1cccc(C2CN(Cc3ccccc3C(F)(F)F)CC2CN(CC(C)C)C(=O)c2ccccc2)c1. The molecule has 2 unspecified atom stereocenters. The van der Waals surface area contributed by atoms with E-state index in [0.717, 1.165) is 17.4 Å². The summed E-state index contributed by atoms with van der Waals surface area (Å²) in [4.78, 5) is 17.5. The van der Waals surface area contributed by atoms with Gasteiger partial charge < -0.3 is 9.64 Å². The Hall–Kier alpha value is -3.32. The average molecular weight is 525 g/mol. The molecule has 7 heteroatoms. The minimum atomic E-state index is -4.40. The predicted octanol–water partition coefficient (Wildman–Crippen LogP) is 6.73. The third-order valence-electron chi connectivity index (χ3n) is 7.10. The lowest BCUT2D eigenvalue weighted by Gasteiger charge is -2.30. The van der Waals surface area contributed by atoms with Gasteiger partial charge in [-0.3, -0.25) is 9.69 Å². The van der Waals surface area contributed by atoms with Gasteiger partial charge in [0.1, 0.15) is 5.75 Å². The van der Waals surface area contributed by atoms with Crippen molar-refractivity contribution >= 4 is 5.91 Å². The first-order valence-corrected chi connectivity index (χ1v) is 13.0. The standard InChI is InChI=1S/C31H35F3N2O2/c1-22(2)17-36(30(37)23-10-5-4-6-11-23)20-26-19-35(18-25-12-7-8-15-29(25)31(32,33)34)21-28(26)24-13-9-14-27(16-24)38-3/h4-16,22,26,28H,17-21H2,1-3H3. The van der Waals surface area contributed by atoms with Gasteiger partial charge in [0.2, 0.25) is 0 Å². The number of ether oxygens (including phenoxy) is 1. The van der Waals surface area contributed by atoms with Crippen LogP contribution in [-0.4, -0.2) is 49.0 Å². The number of amides is 1. The molecule has 202 valence electrons. The zero-order valence-electron chi connectivity index (χ0n) is 22.1. The highest BCUT2D eigenvalue weighted by Gasteiger charge is 2.38. The molecule has 1 amide bonds. The number of hydrogen-bond acceptors (Lipinski definition) is 3. The highest BCUT2D eigenvalue weighted by Crippen LogP contribution is 2.38. The van der Waals surface area contributed by atoms with E-state index in [4.69, 9.17) is 4.74 Å². The second-order valence-electron chi connectivity index (χ2n) is 10.5. The second kappa shape index (κ2) is 12.0. The van der Waals surface area contributed by atoms with Gasteiger partial charge in [-0.25, -0.2) is 0 Å². The largest absolute Gasteiger partial charge is 0.497 e. The molecule has 1 heterocycles. The fourth-order valence-electron chi connectivity index (χ4n) is 5.43. The summed E-state index contributed by atoms with van der Waals surface area (Å²) >= 11 is 0. The fourth-order valence-corrected chi connectivity index (χ4v) is 5.43. The lowest BCUT2D eigenvalue weighted by atomic mass is 9.88. The molecule has 1 aliphatic rings. The van der Waals surface area contributed by atoms with Crippen LogP contribution in [0.4, 0.5) is 13.2 Å². The molecule has 4 nitrogen and oxygen atoms in total. The van der Waals surface area contributed by atoms with Crippen LogP contribution in [0.25, 0.3) is 0 Å². The van der Waals surface area contributed by atoms with Crippen molar-refractivity contribution < 1.29 is 22.7 Å². The van der Waals surface area contributed by atoms with Crippen LogP contribution in [0.2, 0.25) is 0 Å². The highest BCUT2D eigenvalue weighted by atomic mass is 19.4.